The van der Waals surface area contributed by atoms with Crippen molar-refractivity contribution >= 4 is 0 Å². The third kappa shape index (κ3) is 7.63. The van der Waals surface area contributed by atoms with Crippen molar-refractivity contribution in [3.63, 3.8) is 0 Å². The van der Waals surface area contributed by atoms with Crippen molar-refractivity contribution in [3.05, 3.63) is 224 Å². The van der Waals surface area contributed by atoms with Crippen molar-refractivity contribution in [1.82, 2.24) is 24.9 Å². The first-order valence-corrected chi connectivity index (χ1v) is 20.0. The lowest BCUT2D eigenvalue weighted by molar-refractivity contribution is 1.07. The summed E-state index contributed by atoms with van der Waals surface area (Å²) >= 11 is 0. The van der Waals surface area contributed by atoms with Gasteiger partial charge in [-0.1, -0.05) is 200 Å². The average Bonchev–Trinajstić information content (AvgIpc) is 3.35. The Hall–Kier alpha value is -8.15. The first kappa shape index (κ1) is 36.2. The van der Waals surface area contributed by atoms with Gasteiger partial charge in [0.05, 0.1) is 11.4 Å². The predicted octanol–water partition coefficient (Wildman–Crippen LogP) is 13.7. The molecule has 0 aliphatic carbocycles. The molecule has 5 heteroatoms. The Morgan fingerprint density at radius 3 is 0.967 bits per heavy atom. The van der Waals surface area contributed by atoms with Crippen LogP contribution in [0.5, 0.6) is 0 Å². The molecule has 0 atom stereocenters. The molecular weight excluding hydrogens is 731 g/mol. The highest BCUT2D eigenvalue weighted by Crippen LogP contribution is 2.36. The monoisotopic (exact) mass is 767 g/mol. The van der Waals surface area contributed by atoms with Crippen LogP contribution in [0.25, 0.3) is 101 Å². The Bertz CT molecular complexity index is 3020. The SMILES string of the molecule is c1ccc(-c2nc(-c3cccc(-c4cccc(-c5nc(-c6ccccc6)nc(-c6ccccc6)n5)c4)c3)cc(-c3cccc(-c4ccccc4-c4ccccc4)c3)n2)cc1. The van der Waals surface area contributed by atoms with E-state index in [0.717, 1.165) is 61.5 Å². The van der Waals surface area contributed by atoms with Crippen molar-refractivity contribution < 1.29 is 0 Å². The summed E-state index contributed by atoms with van der Waals surface area (Å²) < 4.78 is 0. The quantitative estimate of drug-likeness (QED) is 0.146. The molecule has 0 N–H and O–H groups in total. The maximum atomic E-state index is 5.17. The lowest BCUT2D eigenvalue weighted by atomic mass is 9.93. The molecule has 0 fully saturated rings. The number of nitrogens with zero attached hydrogens (tertiary/aromatic N) is 5. The summed E-state index contributed by atoms with van der Waals surface area (Å²) in [6.07, 6.45) is 0. The molecule has 60 heavy (non-hydrogen) atoms. The van der Waals surface area contributed by atoms with Gasteiger partial charge in [0, 0.05) is 33.4 Å². The Kier molecular flexibility index (Phi) is 9.88. The van der Waals surface area contributed by atoms with Gasteiger partial charge in [0.25, 0.3) is 0 Å². The van der Waals surface area contributed by atoms with E-state index < -0.39 is 0 Å². The van der Waals surface area contributed by atoms with Crippen LogP contribution in [0, 0.1) is 0 Å². The number of benzene rings is 8. The Morgan fingerprint density at radius 2 is 0.483 bits per heavy atom. The molecule has 0 saturated carbocycles. The number of aromatic nitrogens is 5. The molecule has 0 amide bonds. The van der Waals surface area contributed by atoms with Crippen molar-refractivity contribution in [2.75, 3.05) is 0 Å². The summed E-state index contributed by atoms with van der Waals surface area (Å²) in [4.78, 5) is 25.2. The largest absolute Gasteiger partial charge is 0.228 e. The minimum atomic E-state index is 0.613. The fourth-order valence-corrected chi connectivity index (χ4v) is 7.54. The molecule has 282 valence electrons. The third-order valence-corrected chi connectivity index (χ3v) is 10.6. The molecule has 2 aromatic heterocycles. The van der Waals surface area contributed by atoms with Gasteiger partial charge >= 0.3 is 0 Å². The van der Waals surface area contributed by atoms with E-state index >= 15 is 0 Å². The van der Waals surface area contributed by atoms with Gasteiger partial charge in [0.1, 0.15) is 0 Å². The van der Waals surface area contributed by atoms with Gasteiger partial charge in [0.15, 0.2) is 23.3 Å². The molecule has 5 nitrogen and oxygen atoms in total. The standard InChI is InChI=1S/C55H37N5/c1-5-18-38(19-6-1)48-32-13-14-33-49(48)44-28-17-30-46(36-44)51-37-50(56-52(57-51)39-20-7-2-8-21-39)45-29-15-26-42(34-45)43-27-16-31-47(35-43)55-59-53(40-22-9-3-10-23-40)58-54(60-55)41-24-11-4-12-25-41/h1-37H. The average molecular weight is 768 g/mol. The molecule has 0 unspecified atom stereocenters. The second-order valence-electron chi connectivity index (χ2n) is 14.5. The van der Waals surface area contributed by atoms with Crippen molar-refractivity contribution in [2.24, 2.45) is 0 Å². The second kappa shape index (κ2) is 16.4. The lowest BCUT2D eigenvalue weighted by Crippen LogP contribution is -2.00. The summed E-state index contributed by atoms with van der Waals surface area (Å²) in [6, 6.07) is 77.1. The van der Waals surface area contributed by atoms with Crippen molar-refractivity contribution in [2.45, 2.75) is 0 Å². The molecule has 10 rings (SSSR count). The zero-order valence-corrected chi connectivity index (χ0v) is 32.6. The zero-order valence-electron chi connectivity index (χ0n) is 32.6. The van der Waals surface area contributed by atoms with Gasteiger partial charge in [-0.25, -0.2) is 24.9 Å². The van der Waals surface area contributed by atoms with Gasteiger partial charge in [-0.05, 0) is 57.6 Å². The molecule has 8 aromatic carbocycles. The summed E-state index contributed by atoms with van der Waals surface area (Å²) in [7, 11) is 0. The molecule has 0 aliphatic rings. The minimum absolute atomic E-state index is 0.613. The molecule has 0 spiro atoms. The van der Waals surface area contributed by atoms with Crippen LogP contribution in [-0.2, 0) is 0 Å². The summed E-state index contributed by atoms with van der Waals surface area (Å²) in [5, 5.41) is 0. The maximum Gasteiger partial charge on any atom is 0.164 e. The van der Waals surface area contributed by atoms with Crippen molar-refractivity contribution in [3.8, 4) is 101 Å². The van der Waals surface area contributed by atoms with Crippen LogP contribution in [0.15, 0.2) is 224 Å². The first-order valence-electron chi connectivity index (χ1n) is 20.0. The van der Waals surface area contributed by atoms with E-state index in [1.807, 2.05) is 78.9 Å². The van der Waals surface area contributed by atoms with Crippen LogP contribution in [-0.4, -0.2) is 24.9 Å². The van der Waals surface area contributed by atoms with Crippen LogP contribution in [0.1, 0.15) is 0 Å². The van der Waals surface area contributed by atoms with Crippen LogP contribution < -0.4 is 0 Å². The minimum Gasteiger partial charge on any atom is -0.228 e. The summed E-state index contributed by atoms with van der Waals surface area (Å²) in [5.74, 6) is 2.55. The summed E-state index contributed by atoms with van der Waals surface area (Å²) in [5.41, 5.74) is 14.2. The molecule has 0 saturated heterocycles. The molecule has 2 heterocycles. The van der Waals surface area contributed by atoms with Crippen LogP contribution >= 0.6 is 0 Å². The van der Waals surface area contributed by atoms with E-state index in [-0.39, 0.29) is 0 Å². The van der Waals surface area contributed by atoms with Gasteiger partial charge in [-0.15, -0.1) is 0 Å². The molecule has 10 aromatic rings. The van der Waals surface area contributed by atoms with E-state index in [2.05, 4.69) is 146 Å². The highest BCUT2D eigenvalue weighted by molar-refractivity contribution is 5.86. The molecular formula is C55H37N5. The highest BCUT2D eigenvalue weighted by Gasteiger charge is 2.16. The predicted molar refractivity (Wildman–Crippen MR) is 244 cm³/mol. The van der Waals surface area contributed by atoms with E-state index in [0.29, 0.717) is 23.3 Å². The Balaban J connectivity index is 1.04. The van der Waals surface area contributed by atoms with Gasteiger partial charge in [0.2, 0.25) is 0 Å². The topological polar surface area (TPSA) is 64.5 Å². The number of rotatable bonds is 9. The Labute approximate surface area is 349 Å². The highest BCUT2D eigenvalue weighted by atomic mass is 15.0. The number of hydrogen-bond acceptors (Lipinski definition) is 5. The lowest BCUT2D eigenvalue weighted by Gasteiger charge is -2.13. The summed E-state index contributed by atoms with van der Waals surface area (Å²) in [6.45, 7) is 0. The van der Waals surface area contributed by atoms with Crippen molar-refractivity contribution in [1.29, 1.82) is 0 Å². The maximum absolute atomic E-state index is 5.17. The molecule has 0 radical (unpaired) electrons. The van der Waals surface area contributed by atoms with Gasteiger partial charge in [-0.3, -0.25) is 0 Å². The fraction of sp³-hybridized carbons (Fsp3) is 0. The zero-order chi connectivity index (χ0) is 40.1. The number of hydrogen-bond donors (Lipinski definition) is 0. The first-order chi connectivity index (χ1) is 29.7. The van der Waals surface area contributed by atoms with E-state index in [4.69, 9.17) is 24.9 Å². The van der Waals surface area contributed by atoms with Gasteiger partial charge in [-0.2, -0.15) is 0 Å². The van der Waals surface area contributed by atoms with E-state index in [1.54, 1.807) is 0 Å². The molecule has 0 aliphatic heterocycles. The van der Waals surface area contributed by atoms with E-state index in [9.17, 15) is 0 Å². The smallest absolute Gasteiger partial charge is 0.164 e. The fourth-order valence-electron chi connectivity index (χ4n) is 7.54. The van der Waals surface area contributed by atoms with Gasteiger partial charge < -0.3 is 0 Å². The normalized spacial score (nSPS) is 11.0. The van der Waals surface area contributed by atoms with E-state index in [1.165, 1.54) is 16.7 Å². The van der Waals surface area contributed by atoms with Crippen LogP contribution in [0.2, 0.25) is 0 Å². The third-order valence-electron chi connectivity index (χ3n) is 10.6. The van der Waals surface area contributed by atoms with Crippen LogP contribution in [0.3, 0.4) is 0 Å². The Morgan fingerprint density at radius 1 is 0.183 bits per heavy atom. The second-order valence-corrected chi connectivity index (χ2v) is 14.5. The van der Waals surface area contributed by atoms with Crippen LogP contribution in [0.4, 0.5) is 0 Å². The molecule has 0 bridgehead atoms.